The SMILES string of the molecule is Cc1cc(-c2noc(C(F)(F)F)n2)cc(C)c1OCC(C)c1n[nH]c(C2CC2)n1. The number of hydrogen-bond acceptors (Lipinski definition) is 6. The summed E-state index contributed by atoms with van der Waals surface area (Å²) >= 11 is 0. The van der Waals surface area contributed by atoms with Crippen LogP contribution in [0.4, 0.5) is 13.2 Å². The fourth-order valence-corrected chi connectivity index (χ4v) is 3.09. The molecule has 10 heteroatoms. The maximum atomic E-state index is 12.7. The van der Waals surface area contributed by atoms with Crippen molar-refractivity contribution in [1.82, 2.24) is 25.3 Å². The molecule has 0 amide bonds. The molecule has 4 rings (SSSR count). The molecule has 1 aromatic carbocycles. The summed E-state index contributed by atoms with van der Waals surface area (Å²) in [5.74, 6) is 1.32. The van der Waals surface area contributed by atoms with Crippen LogP contribution in [0.15, 0.2) is 16.7 Å². The second kappa shape index (κ2) is 7.16. The topological polar surface area (TPSA) is 89.7 Å². The van der Waals surface area contributed by atoms with E-state index in [4.69, 9.17) is 4.74 Å². The van der Waals surface area contributed by atoms with Crippen molar-refractivity contribution >= 4 is 0 Å². The maximum absolute atomic E-state index is 12.7. The zero-order valence-electron chi connectivity index (χ0n) is 16.2. The zero-order valence-corrected chi connectivity index (χ0v) is 16.2. The van der Waals surface area contributed by atoms with Crippen LogP contribution in [0, 0.1) is 13.8 Å². The molecule has 154 valence electrons. The minimum atomic E-state index is -4.67. The minimum Gasteiger partial charge on any atom is -0.492 e. The number of hydrogen-bond donors (Lipinski definition) is 1. The molecule has 3 aromatic rings. The van der Waals surface area contributed by atoms with Crippen LogP contribution in [-0.2, 0) is 6.18 Å². The lowest BCUT2D eigenvalue weighted by Crippen LogP contribution is -2.10. The number of halogens is 3. The molecular weight excluding hydrogens is 387 g/mol. The molecular formula is C19H20F3N5O2. The molecule has 7 nitrogen and oxygen atoms in total. The van der Waals surface area contributed by atoms with Gasteiger partial charge in [-0.25, -0.2) is 4.98 Å². The molecule has 1 unspecified atom stereocenters. The van der Waals surface area contributed by atoms with E-state index in [1.165, 1.54) is 0 Å². The number of alkyl halides is 3. The third-order valence-electron chi connectivity index (χ3n) is 4.79. The summed E-state index contributed by atoms with van der Waals surface area (Å²) in [7, 11) is 0. The Kier molecular flexibility index (Phi) is 4.79. The highest BCUT2D eigenvalue weighted by molar-refractivity contribution is 5.61. The third-order valence-corrected chi connectivity index (χ3v) is 4.79. The monoisotopic (exact) mass is 407 g/mol. The quantitative estimate of drug-likeness (QED) is 0.645. The van der Waals surface area contributed by atoms with E-state index in [1.54, 1.807) is 12.1 Å². The van der Waals surface area contributed by atoms with Gasteiger partial charge in [0.1, 0.15) is 11.6 Å². The van der Waals surface area contributed by atoms with E-state index in [9.17, 15) is 13.2 Å². The lowest BCUT2D eigenvalue weighted by molar-refractivity contribution is -0.159. The Morgan fingerprint density at radius 2 is 1.90 bits per heavy atom. The highest BCUT2D eigenvalue weighted by atomic mass is 19.4. The molecule has 1 N–H and O–H groups in total. The second-order valence-corrected chi connectivity index (χ2v) is 7.43. The molecule has 1 aliphatic rings. The van der Waals surface area contributed by atoms with Crippen molar-refractivity contribution in [1.29, 1.82) is 0 Å². The largest absolute Gasteiger partial charge is 0.492 e. The Labute approximate surface area is 164 Å². The van der Waals surface area contributed by atoms with Gasteiger partial charge in [-0.3, -0.25) is 5.10 Å². The molecule has 1 saturated carbocycles. The van der Waals surface area contributed by atoms with Gasteiger partial charge in [0.25, 0.3) is 0 Å². The molecule has 29 heavy (non-hydrogen) atoms. The normalized spacial score (nSPS) is 15.5. The Balaban J connectivity index is 1.47. The van der Waals surface area contributed by atoms with Crippen LogP contribution in [0.2, 0.25) is 0 Å². The van der Waals surface area contributed by atoms with Gasteiger partial charge in [-0.15, -0.1) is 0 Å². The number of benzene rings is 1. The number of rotatable bonds is 6. The van der Waals surface area contributed by atoms with E-state index in [2.05, 4.69) is 29.8 Å². The predicted molar refractivity (Wildman–Crippen MR) is 96.5 cm³/mol. The zero-order chi connectivity index (χ0) is 20.8. The number of H-pyrrole nitrogens is 1. The molecule has 1 atom stereocenters. The van der Waals surface area contributed by atoms with Crippen molar-refractivity contribution in [2.24, 2.45) is 0 Å². The summed E-state index contributed by atoms with van der Waals surface area (Å²) in [5.41, 5.74) is 1.96. The molecule has 0 bridgehead atoms. The minimum absolute atomic E-state index is 0.0104. The third kappa shape index (κ3) is 4.10. The standard InChI is InChI=1S/C19H20F3N5O2/c1-9-6-13(17-24-18(29-27-17)19(20,21)22)7-10(2)14(9)28-8-11(3)15-23-16(26-25-15)12-4-5-12/h6-7,11-12H,4-5,8H2,1-3H3,(H,23,25,26). The summed E-state index contributed by atoms with van der Waals surface area (Å²) in [6, 6.07) is 3.35. The first-order valence-electron chi connectivity index (χ1n) is 9.30. The molecule has 0 saturated heterocycles. The lowest BCUT2D eigenvalue weighted by Gasteiger charge is -2.15. The van der Waals surface area contributed by atoms with Crippen LogP contribution in [0.5, 0.6) is 5.75 Å². The summed E-state index contributed by atoms with van der Waals surface area (Å²) in [6.45, 7) is 6.00. The second-order valence-electron chi connectivity index (χ2n) is 7.43. The van der Waals surface area contributed by atoms with Gasteiger partial charge in [0.15, 0.2) is 5.82 Å². The van der Waals surface area contributed by atoms with Crippen LogP contribution in [0.25, 0.3) is 11.4 Å². The van der Waals surface area contributed by atoms with E-state index in [0.29, 0.717) is 29.7 Å². The van der Waals surface area contributed by atoms with Crippen molar-refractivity contribution < 1.29 is 22.4 Å². The van der Waals surface area contributed by atoms with Crippen LogP contribution >= 0.6 is 0 Å². The number of nitrogens with zero attached hydrogens (tertiary/aromatic N) is 4. The first-order valence-corrected chi connectivity index (χ1v) is 9.30. The lowest BCUT2D eigenvalue weighted by atomic mass is 10.0. The van der Waals surface area contributed by atoms with Crippen LogP contribution in [-0.4, -0.2) is 31.9 Å². The molecule has 0 radical (unpaired) electrons. The maximum Gasteiger partial charge on any atom is 0.471 e. The van der Waals surface area contributed by atoms with Crippen molar-refractivity contribution in [3.05, 3.63) is 40.8 Å². The first-order chi connectivity index (χ1) is 13.7. The Morgan fingerprint density at radius 3 is 2.48 bits per heavy atom. The van der Waals surface area contributed by atoms with Crippen molar-refractivity contribution in [2.75, 3.05) is 6.61 Å². The molecule has 1 aliphatic carbocycles. The molecule has 2 aromatic heterocycles. The molecule has 2 heterocycles. The summed E-state index contributed by atoms with van der Waals surface area (Å²) in [6.07, 6.45) is -2.38. The molecule has 0 spiro atoms. The smallest absolute Gasteiger partial charge is 0.471 e. The number of nitrogens with one attached hydrogen (secondary N) is 1. The van der Waals surface area contributed by atoms with Gasteiger partial charge in [0.2, 0.25) is 5.82 Å². The molecule has 1 fully saturated rings. The highest BCUT2D eigenvalue weighted by Gasteiger charge is 2.38. The van der Waals surface area contributed by atoms with Crippen LogP contribution in [0.1, 0.15) is 60.3 Å². The first kappa shape index (κ1) is 19.4. The average molecular weight is 407 g/mol. The van der Waals surface area contributed by atoms with Crippen molar-refractivity contribution in [2.45, 2.75) is 51.6 Å². The number of aromatic nitrogens is 5. The van der Waals surface area contributed by atoms with Gasteiger partial charge >= 0.3 is 12.1 Å². The van der Waals surface area contributed by atoms with E-state index in [0.717, 1.165) is 29.8 Å². The van der Waals surface area contributed by atoms with E-state index < -0.39 is 12.1 Å². The van der Waals surface area contributed by atoms with E-state index in [1.807, 2.05) is 20.8 Å². The van der Waals surface area contributed by atoms with Gasteiger partial charge in [0.05, 0.1) is 12.5 Å². The Morgan fingerprint density at radius 1 is 1.21 bits per heavy atom. The summed E-state index contributed by atoms with van der Waals surface area (Å²) < 4.78 is 48.3. The summed E-state index contributed by atoms with van der Waals surface area (Å²) in [5, 5.41) is 10.7. The fraction of sp³-hybridized carbons (Fsp3) is 0.474. The van der Waals surface area contributed by atoms with E-state index in [-0.39, 0.29) is 11.7 Å². The Hall–Kier alpha value is -2.91. The van der Waals surface area contributed by atoms with Gasteiger partial charge in [-0.1, -0.05) is 12.1 Å². The number of ether oxygens (including phenoxy) is 1. The fourth-order valence-electron chi connectivity index (χ4n) is 3.09. The van der Waals surface area contributed by atoms with Gasteiger partial charge in [-0.2, -0.15) is 23.3 Å². The predicted octanol–water partition coefficient (Wildman–Crippen LogP) is 4.55. The Bertz CT molecular complexity index is 1000. The van der Waals surface area contributed by atoms with Gasteiger partial charge in [-0.05, 0) is 49.9 Å². The van der Waals surface area contributed by atoms with Crippen molar-refractivity contribution in [3.63, 3.8) is 0 Å². The average Bonchev–Trinajstić information content (AvgIpc) is 3.18. The van der Waals surface area contributed by atoms with Crippen LogP contribution < -0.4 is 4.74 Å². The van der Waals surface area contributed by atoms with Gasteiger partial charge in [0, 0.05) is 11.5 Å². The highest BCUT2D eigenvalue weighted by Crippen LogP contribution is 2.38. The van der Waals surface area contributed by atoms with Gasteiger partial charge < -0.3 is 9.26 Å². The molecule has 0 aliphatic heterocycles. The number of aryl methyl sites for hydroxylation is 2. The summed E-state index contributed by atoms with van der Waals surface area (Å²) in [4.78, 5) is 7.98. The number of aromatic amines is 1. The van der Waals surface area contributed by atoms with Crippen molar-refractivity contribution in [3.8, 4) is 17.1 Å². The van der Waals surface area contributed by atoms with Crippen LogP contribution in [0.3, 0.4) is 0 Å². The van der Waals surface area contributed by atoms with E-state index >= 15 is 0 Å².